The average molecular weight is 496 g/mol. The number of hydrogen-bond donors (Lipinski definition) is 0. The van der Waals surface area contributed by atoms with Gasteiger partial charge in [0.15, 0.2) is 0 Å². The Labute approximate surface area is 169 Å². The van der Waals surface area contributed by atoms with E-state index in [0.29, 0.717) is 23.5 Å². The summed E-state index contributed by atoms with van der Waals surface area (Å²) in [5.74, 6) is 0.349. The number of halogens is 2. The van der Waals surface area contributed by atoms with Crippen LogP contribution >= 0.6 is 19.4 Å². The number of nitrogens with zero attached hydrogens (tertiary/aromatic N) is 2. The molecule has 0 aliphatic carbocycles. The molecule has 1 aliphatic heterocycles. The molecule has 0 fully saturated rings. The van der Waals surface area contributed by atoms with E-state index in [0.717, 1.165) is 12.0 Å². The number of benzene rings is 2. The number of rotatable bonds is 4. The van der Waals surface area contributed by atoms with Crippen molar-refractivity contribution in [1.29, 1.82) is 0 Å². The zero-order valence-electron chi connectivity index (χ0n) is 14.2. The second-order valence-electron chi connectivity index (χ2n) is 5.87. The summed E-state index contributed by atoms with van der Waals surface area (Å²) < 4.78 is 7.86. The summed E-state index contributed by atoms with van der Waals surface area (Å²) >= 11 is -2.07. The fourth-order valence-corrected chi connectivity index (χ4v) is 4.63. The second-order valence-corrected chi connectivity index (χ2v) is 11.6. The molecule has 0 radical (unpaired) electrons. The molecule has 0 spiro atoms. The number of fused-ring (bicyclic) bond motifs is 1. The number of carbonyl (C=O) groups is 1. The van der Waals surface area contributed by atoms with Crippen LogP contribution in [0, 0.1) is 10.1 Å². The number of non-ortho nitro benzene ring substituents is 1. The Morgan fingerprint density at radius 3 is 2.63 bits per heavy atom. The van der Waals surface area contributed by atoms with Crippen LogP contribution in [0.4, 0.5) is 11.4 Å². The van der Waals surface area contributed by atoms with Crippen LogP contribution in [-0.2, 0) is 13.5 Å². The Balaban J connectivity index is 2.02. The standard InChI is InChI=1S/C18H16N2O4.2ClH.Ru/c1-3-15-11-19(16-6-4-5-12(2)17(16)24-15)18(21)13-7-9-14(10-8-13)20(22)23;;;/h2,4-10,15H,3,11H2,1H3;2*1H;/q;;;+2/p-2. The Morgan fingerprint density at radius 2 is 2.04 bits per heavy atom. The topological polar surface area (TPSA) is 72.7 Å². The summed E-state index contributed by atoms with van der Waals surface area (Å²) in [5.41, 5.74) is 1.73. The molecule has 1 aliphatic rings. The van der Waals surface area contributed by atoms with Gasteiger partial charge in [-0.05, 0) is 0 Å². The van der Waals surface area contributed by atoms with Crippen LogP contribution in [0.25, 0.3) is 0 Å². The van der Waals surface area contributed by atoms with Gasteiger partial charge in [0.1, 0.15) is 0 Å². The minimum absolute atomic E-state index is 0.0577. The van der Waals surface area contributed by atoms with Gasteiger partial charge in [-0.25, -0.2) is 0 Å². The van der Waals surface area contributed by atoms with E-state index in [1.54, 1.807) is 15.6 Å². The van der Waals surface area contributed by atoms with Crippen LogP contribution < -0.4 is 9.64 Å². The van der Waals surface area contributed by atoms with E-state index < -0.39 is 18.4 Å². The van der Waals surface area contributed by atoms with E-state index in [2.05, 4.69) is 0 Å². The summed E-state index contributed by atoms with van der Waals surface area (Å²) in [6.45, 7) is 2.38. The Bertz CT molecular complexity index is 914. The van der Waals surface area contributed by atoms with E-state index in [-0.39, 0.29) is 17.7 Å². The molecule has 2 aromatic carbocycles. The minimum atomic E-state index is -2.07. The Kier molecular flexibility index (Phi) is 6.25. The first kappa shape index (κ1) is 19.9. The molecule has 6 nitrogen and oxygen atoms in total. The average Bonchev–Trinajstić information content (AvgIpc) is 2.66. The molecule has 1 unspecified atom stereocenters. The number of hydrogen-bond acceptors (Lipinski definition) is 4. The van der Waals surface area contributed by atoms with Gasteiger partial charge in [-0.3, -0.25) is 0 Å². The van der Waals surface area contributed by atoms with Gasteiger partial charge in [-0.15, -0.1) is 0 Å². The van der Waals surface area contributed by atoms with Crippen molar-refractivity contribution < 1.29 is 28.0 Å². The Morgan fingerprint density at radius 1 is 1.33 bits per heavy atom. The van der Waals surface area contributed by atoms with Crippen LogP contribution in [-0.4, -0.2) is 28.1 Å². The van der Waals surface area contributed by atoms with Crippen molar-refractivity contribution in [2.24, 2.45) is 0 Å². The van der Waals surface area contributed by atoms with Gasteiger partial charge in [0.2, 0.25) is 0 Å². The van der Waals surface area contributed by atoms with Gasteiger partial charge < -0.3 is 0 Å². The molecule has 1 atom stereocenters. The quantitative estimate of drug-likeness (QED) is 0.356. The molecule has 3 rings (SSSR count). The number of para-hydroxylation sites is 1. The van der Waals surface area contributed by atoms with E-state index in [1.165, 1.54) is 24.3 Å². The summed E-state index contributed by atoms with van der Waals surface area (Å²) in [6, 6.07) is 11.1. The van der Waals surface area contributed by atoms with Gasteiger partial charge in [0.05, 0.1) is 0 Å². The van der Waals surface area contributed by atoms with Gasteiger partial charge >= 0.3 is 170 Å². The fraction of sp³-hybridized carbons (Fsp3) is 0.222. The number of carbonyl (C=O) groups excluding carboxylic acids is 1. The molecule has 27 heavy (non-hydrogen) atoms. The maximum absolute atomic E-state index is 13.1. The van der Waals surface area contributed by atoms with E-state index in [1.807, 2.05) is 19.1 Å². The first-order valence-electron chi connectivity index (χ1n) is 8.10. The first-order chi connectivity index (χ1) is 12.9. The normalized spacial score (nSPS) is 16.2. The van der Waals surface area contributed by atoms with Crippen molar-refractivity contribution in [3.8, 4) is 5.75 Å². The zero-order chi connectivity index (χ0) is 19.6. The van der Waals surface area contributed by atoms with Crippen LogP contribution in [0.2, 0.25) is 0 Å². The number of anilines is 1. The van der Waals surface area contributed by atoms with Crippen molar-refractivity contribution in [3.05, 3.63) is 63.7 Å². The number of nitro benzene ring substituents is 1. The SMILES string of the molecule is CCC1CN(C(=O)c2ccc([N+](=O)[O-])cc2)c2cccc([CH]=[Ru]([Cl])[Cl])c2O1. The number of nitro groups is 1. The van der Waals surface area contributed by atoms with Crippen LogP contribution in [0.15, 0.2) is 42.5 Å². The first-order valence-corrected chi connectivity index (χ1v) is 13.6. The maximum atomic E-state index is 13.1. The van der Waals surface area contributed by atoms with Crippen molar-refractivity contribution in [1.82, 2.24) is 0 Å². The summed E-state index contributed by atoms with van der Waals surface area (Å²) in [7, 11) is 12.0. The molecule has 0 N–H and O–H groups in total. The van der Waals surface area contributed by atoms with Crippen molar-refractivity contribution in [2.45, 2.75) is 19.4 Å². The molecular formula is C18H16Cl2N2O4Ru. The van der Waals surface area contributed by atoms with Crippen molar-refractivity contribution in [3.63, 3.8) is 0 Å². The molecule has 0 aromatic heterocycles. The predicted molar refractivity (Wildman–Crippen MR) is 103 cm³/mol. The van der Waals surface area contributed by atoms with Crippen LogP contribution in [0.5, 0.6) is 5.75 Å². The third-order valence-corrected chi connectivity index (χ3v) is 6.03. The van der Waals surface area contributed by atoms with E-state index in [4.69, 9.17) is 24.1 Å². The van der Waals surface area contributed by atoms with Gasteiger partial charge in [-0.1, -0.05) is 0 Å². The molecular weight excluding hydrogens is 480 g/mol. The monoisotopic (exact) mass is 496 g/mol. The third kappa shape index (κ3) is 4.37. The molecule has 9 heteroatoms. The van der Waals surface area contributed by atoms with Crippen molar-refractivity contribution >= 4 is 41.3 Å². The van der Waals surface area contributed by atoms with Gasteiger partial charge in [0, 0.05) is 0 Å². The molecule has 1 amide bonds. The molecule has 144 valence electrons. The molecule has 0 saturated carbocycles. The summed E-state index contributed by atoms with van der Waals surface area (Å²) in [4.78, 5) is 25.1. The van der Waals surface area contributed by atoms with Crippen LogP contribution in [0.3, 0.4) is 0 Å². The Hall–Kier alpha value is -1.82. The number of ether oxygens (including phenoxy) is 1. The fourth-order valence-electron chi connectivity index (χ4n) is 2.84. The second kappa shape index (κ2) is 8.47. The summed E-state index contributed by atoms with van der Waals surface area (Å²) in [6.07, 6.45) is 0.557. The summed E-state index contributed by atoms with van der Waals surface area (Å²) in [5, 5.41) is 10.8. The van der Waals surface area contributed by atoms with Crippen molar-refractivity contribution in [2.75, 3.05) is 11.4 Å². The molecule has 2 aromatic rings. The third-order valence-electron chi connectivity index (χ3n) is 4.20. The molecule has 1 heterocycles. The predicted octanol–water partition coefficient (Wildman–Crippen LogP) is 4.49. The zero-order valence-corrected chi connectivity index (χ0v) is 17.5. The van der Waals surface area contributed by atoms with Crippen LogP contribution in [0.1, 0.15) is 29.3 Å². The van der Waals surface area contributed by atoms with E-state index in [9.17, 15) is 14.9 Å². The molecule has 0 bridgehead atoms. The van der Waals surface area contributed by atoms with Gasteiger partial charge in [0.25, 0.3) is 0 Å². The van der Waals surface area contributed by atoms with Gasteiger partial charge in [-0.2, -0.15) is 0 Å². The number of amides is 1. The molecule has 0 saturated heterocycles. The van der Waals surface area contributed by atoms with E-state index >= 15 is 0 Å².